The van der Waals surface area contributed by atoms with E-state index in [0.29, 0.717) is 11.5 Å². The number of aryl methyl sites for hydroxylation is 1. The molecular weight excluding hydrogens is 242 g/mol. The van der Waals surface area contributed by atoms with Gasteiger partial charge in [0.25, 0.3) is 0 Å². The highest BCUT2D eigenvalue weighted by Crippen LogP contribution is 2.24. The van der Waals surface area contributed by atoms with E-state index in [9.17, 15) is 9.90 Å². The molecule has 98 valence electrons. The first-order valence-corrected chi connectivity index (χ1v) is 5.89. The van der Waals surface area contributed by atoms with Gasteiger partial charge in [0.1, 0.15) is 0 Å². The molecule has 2 rings (SSSR count). The molecule has 1 aromatic heterocycles. The fraction of sp³-hybridized carbons (Fsp3) is 0.214. The minimum atomic E-state index is -1.27. The Balaban J connectivity index is 2.39. The minimum Gasteiger partial charge on any atom is -0.479 e. The summed E-state index contributed by atoms with van der Waals surface area (Å²) >= 11 is 0. The van der Waals surface area contributed by atoms with Gasteiger partial charge >= 0.3 is 5.97 Å². The number of benzene rings is 1. The van der Waals surface area contributed by atoms with Crippen molar-refractivity contribution in [1.29, 1.82) is 0 Å². The van der Waals surface area contributed by atoms with Crippen molar-refractivity contribution in [1.82, 2.24) is 9.97 Å². The van der Waals surface area contributed by atoms with Crippen LogP contribution in [0, 0.1) is 6.92 Å². The fourth-order valence-electron chi connectivity index (χ4n) is 1.75. The first-order chi connectivity index (χ1) is 9.02. The van der Waals surface area contributed by atoms with Crippen molar-refractivity contribution in [3.05, 3.63) is 53.9 Å². The topological polar surface area (TPSA) is 75.1 Å². The largest absolute Gasteiger partial charge is 0.479 e. The second-order valence-electron chi connectivity index (χ2n) is 4.44. The minimum absolute atomic E-state index is 0.300. The lowest BCUT2D eigenvalue weighted by Gasteiger charge is -2.26. The molecule has 1 unspecified atom stereocenters. The highest BCUT2D eigenvalue weighted by atomic mass is 16.4. The Morgan fingerprint density at radius 3 is 2.53 bits per heavy atom. The molecule has 0 bridgehead atoms. The molecule has 2 aromatic rings. The number of nitrogens with one attached hydrogen (secondary N) is 1. The molecule has 2 N–H and O–H groups in total. The summed E-state index contributed by atoms with van der Waals surface area (Å²) in [5.74, 6) is -0.683. The number of carboxylic acids is 1. The third kappa shape index (κ3) is 2.70. The molecule has 0 amide bonds. The maximum absolute atomic E-state index is 11.6. The number of hydrogen-bond acceptors (Lipinski definition) is 4. The van der Waals surface area contributed by atoms with Gasteiger partial charge in [0, 0.05) is 11.9 Å². The molecule has 5 nitrogen and oxygen atoms in total. The quantitative estimate of drug-likeness (QED) is 0.878. The van der Waals surface area contributed by atoms with E-state index in [1.54, 1.807) is 43.5 Å². The van der Waals surface area contributed by atoms with Crippen molar-refractivity contribution in [2.45, 2.75) is 19.4 Å². The van der Waals surface area contributed by atoms with E-state index in [0.717, 1.165) is 5.69 Å². The summed E-state index contributed by atoms with van der Waals surface area (Å²) in [6, 6.07) is 10.7. The van der Waals surface area contributed by atoms with Gasteiger partial charge in [-0.2, -0.15) is 0 Å². The van der Waals surface area contributed by atoms with E-state index in [1.165, 1.54) is 0 Å². The normalized spacial score (nSPS) is 13.6. The van der Waals surface area contributed by atoms with Gasteiger partial charge in [-0.05, 0) is 25.5 Å². The second kappa shape index (κ2) is 5.06. The van der Waals surface area contributed by atoms with Crippen LogP contribution in [-0.2, 0) is 10.3 Å². The summed E-state index contributed by atoms with van der Waals surface area (Å²) in [4.78, 5) is 19.8. The molecule has 0 aliphatic carbocycles. The fourth-order valence-corrected chi connectivity index (χ4v) is 1.75. The number of carboxylic acid groups (broad SMARTS) is 1. The molecule has 0 fully saturated rings. The van der Waals surface area contributed by atoms with E-state index in [4.69, 9.17) is 0 Å². The van der Waals surface area contributed by atoms with Crippen LogP contribution in [0.5, 0.6) is 0 Å². The molecule has 0 saturated carbocycles. The summed E-state index contributed by atoms with van der Waals surface area (Å²) in [7, 11) is 0. The summed E-state index contributed by atoms with van der Waals surface area (Å²) in [6.07, 6.45) is 1.60. The zero-order valence-corrected chi connectivity index (χ0v) is 10.8. The number of carbonyl (C=O) groups is 1. The highest BCUT2D eigenvalue weighted by molar-refractivity contribution is 5.83. The van der Waals surface area contributed by atoms with Crippen molar-refractivity contribution in [2.75, 3.05) is 5.32 Å². The zero-order valence-electron chi connectivity index (χ0n) is 10.8. The summed E-state index contributed by atoms with van der Waals surface area (Å²) in [5, 5.41) is 12.4. The number of nitrogens with zero attached hydrogens (tertiary/aromatic N) is 2. The van der Waals surface area contributed by atoms with Crippen molar-refractivity contribution in [2.24, 2.45) is 0 Å². The van der Waals surface area contributed by atoms with Crippen molar-refractivity contribution < 1.29 is 9.90 Å². The van der Waals surface area contributed by atoms with Crippen molar-refractivity contribution >= 4 is 11.9 Å². The van der Waals surface area contributed by atoms with Gasteiger partial charge in [-0.1, -0.05) is 30.3 Å². The molecule has 0 aliphatic heterocycles. The summed E-state index contributed by atoms with van der Waals surface area (Å²) in [6.45, 7) is 3.42. The first-order valence-electron chi connectivity index (χ1n) is 5.89. The van der Waals surface area contributed by atoms with Gasteiger partial charge in [-0.25, -0.2) is 14.8 Å². The molecule has 1 aromatic carbocycles. The Kier molecular flexibility index (Phi) is 3.46. The Morgan fingerprint density at radius 2 is 1.95 bits per heavy atom. The Bertz CT molecular complexity index is 586. The van der Waals surface area contributed by atoms with Crippen LogP contribution in [0.3, 0.4) is 0 Å². The van der Waals surface area contributed by atoms with Gasteiger partial charge < -0.3 is 10.4 Å². The SMILES string of the molecule is Cc1ccnc(NC(C)(C(=O)O)c2ccccc2)n1. The Morgan fingerprint density at radius 1 is 1.26 bits per heavy atom. The van der Waals surface area contributed by atoms with Gasteiger partial charge in [-0.3, -0.25) is 0 Å². The third-order valence-electron chi connectivity index (χ3n) is 2.94. The smallest absolute Gasteiger partial charge is 0.333 e. The Hall–Kier alpha value is -2.43. The van der Waals surface area contributed by atoms with Gasteiger partial charge in [0.2, 0.25) is 5.95 Å². The molecule has 1 heterocycles. The van der Waals surface area contributed by atoms with E-state index >= 15 is 0 Å². The molecule has 5 heteroatoms. The van der Waals surface area contributed by atoms with Gasteiger partial charge in [0.05, 0.1) is 0 Å². The van der Waals surface area contributed by atoms with Gasteiger partial charge in [0.15, 0.2) is 5.54 Å². The predicted octanol–water partition coefficient (Wildman–Crippen LogP) is 2.20. The molecule has 19 heavy (non-hydrogen) atoms. The molecule has 0 saturated heterocycles. The van der Waals surface area contributed by atoms with E-state index < -0.39 is 11.5 Å². The van der Waals surface area contributed by atoms with Crippen LogP contribution >= 0.6 is 0 Å². The number of aromatic nitrogens is 2. The lowest BCUT2D eigenvalue weighted by molar-refractivity contribution is -0.142. The van der Waals surface area contributed by atoms with Crippen LogP contribution in [0.15, 0.2) is 42.6 Å². The molecule has 0 spiro atoms. The van der Waals surface area contributed by atoms with Crippen molar-refractivity contribution in [3.63, 3.8) is 0 Å². The number of hydrogen-bond donors (Lipinski definition) is 2. The van der Waals surface area contributed by atoms with E-state index in [2.05, 4.69) is 15.3 Å². The van der Waals surface area contributed by atoms with Crippen LogP contribution in [0.25, 0.3) is 0 Å². The van der Waals surface area contributed by atoms with E-state index in [-0.39, 0.29) is 0 Å². The lowest BCUT2D eigenvalue weighted by atomic mass is 9.92. The number of rotatable bonds is 4. The van der Waals surface area contributed by atoms with Crippen LogP contribution in [0.1, 0.15) is 18.2 Å². The van der Waals surface area contributed by atoms with Crippen LogP contribution in [0.2, 0.25) is 0 Å². The predicted molar refractivity (Wildman–Crippen MR) is 71.8 cm³/mol. The molecule has 0 radical (unpaired) electrons. The van der Waals surface area contributed by atoms with E-state index in [1.807, 2.05) is 13.0 Å². The molecular formula is C14H15N3O2. The zero-order chi connectivity index (χ0) is 13.9. The maximum atomic E-state index is 11.6. The average Bonchev–Trinajstić information content (AvgIpc) is 2.39. The van der Waals surface area contributed by atoms with Crippen LogP contribution < -0.4 is 5.32 Å². The molecule has 1 atom stereocenters. The van der Waals surface area contributed by atoms with Crippen LogP contribution in [-0.4, -0.2) is 21.0 Å². The number of aliphatic carboxylic acids is 1. The monoisotopic (exact) mass is 257 g/mol. The highest BCUT2D eigenvalue weighted by Gasteiger charge is 2.35. The molecule has 0 aliphatic rings. The van der Waals surface area contributed by atoms with Gasteiger partial charge in [-0.15, -0.1) is 0 Å². The number of anilines is 1. The second-order valence-corrected chi connectivity index (χ2v) is 4.44. The maximum Gasteiger partial charge on any atom is 0.333 e. The third-order valence-corrected chi connectivity index (χ3v) is 2.94. The standard InChI is InChI=1S/C14H15N3O2/c1-10-8-9-15-13(16-10)17-14(2,12(18)19)11-6-4-3-5-7-11/h3-9H,1-2H3,(H,18,19)(H,15,16,17). The lowest BCUT2D eigenvalue weighted by Crippen LogP contribution is -2.41. The first kappa shape index (κ1) is 13.0. The van der Waals surface area contributed by atoms with Crippen LogP contribution in [0.4, 0.5) is 5.95 Å². The summed E-state index contributed by atoms with van der Waals surface area (Å²) < 4.78 is 0. The summed E-state index contributed by atoms with van der Waals surface area (Å²) in [5.41, 5.74) is 0.153. The average molecular weight is 257 g/mol. The van der Waals surface area contributed by atoms with Crippen molar-refractivity contribution in [3.8, 4) is 0 Å². The Labute approximate surface area is 111 Å².